The Kier molecular flexibility index (Phi) is 3.50. The molecule has 6 heteroatoms. The first kappa shape index (κ1) is 12.2. The summed E-state index contributed by atoms with van der Waals surface area (Å²) in [6, 6.07) is 8.17. The van der Waals surface area contributed by atoms with E-state index in [9.17, 15) is 0 Å². The second-order valence-corrected chi connectivity index (χ2v) is 5.18. The van der Waals surface area contributed by atoms with Gasteiger partial charge in [-0.05, 0) is 12.1 Å². The third-order valence-corrected chi connectivity index (χ3v) is 4.07. The summed E-state index contributed by atoms with van der Waals surface area (Å²) in [5.74, 6) is 0.937. The smallest absolute Gasteiger partial charge is 0.208 e. The lowest BCUT2D eigenvalue weighted by Gasteiger charge is -2.36. The van der Waals surface area contributed by atoms with Crippen LogP contribution in [0.15, 0.2) is 29.8 Å². The molecule has 1 fully saturated rings. The number of piperazine rings is 1. The van der Waals surface area contributed by atoms with E-state index in [1.54, 1.807) is 24.0 Å². The molecule has 3 rings (SSSR count). The van der Waals surface area contributed by atoms with E-state index in [4.69, 9.17) is 4.74 Å². The zero-order valence-electron chi connectivity index (χ0n) is 10.8. The lowest BCUT2D eigenvalue weighted by Crippen LogP contribution is -2.46. The van der Waals surface area contributed by atoms with Gasteiger partial charge in [0, 0.05) is 26.2 Å². The third kappa shape index (κ3) is 2.49. The van der Waals surface area contributed by atoms with Crippen molar-refractivity contribution in [3.05, 3.63) is 29.8 Å². The Bertz CT molecular complexity index is 523. The van der Waals surface area contributed by atoms with E-state index in [2.05, 4.69) is 32.1 Å². The van der Waals surface area contributed by atoms with E-state index in [1.807, 2.05) is 12.1 Å². The fourth-order valence-electron chi connectivity index (χ4n) is 2.33. The molecular weight excluding hydrogens is 260 g/mol. The topological polar surface area (TPSA) is 41.5 Å². The van der Waals surface area contributed by atoms with E-state index in [-0.39, 0.29) is 0 Å². The second-order valence-electron chi connectivity index (χ2n) is 4.37. The van der Waals surface area contributed by atoms with Crippen molar-refractivity contribution in [1.29, 1.82) is 0 Å². The Hall–Kier alpha value is -1.82. The molecule has 2 heterocycles. The van der Waals surface area contributed by atoms with Crippen LogP contribution in [0.25, 0.3) is 0 Å². The van der Waals surface area contributed by atoms with Crippen molar-refractivity contribution in [1.82, 2.24) is 10.2 Å². The number of ether oxygens (including phenoxy) is 1. The van der Waals surface area contributed by atoms with E-state index >= 15 is 0 Å². The molecule has 0 N–H and O–H groups in total. The van der Waals surface area contributed by atoms with Gasteiger partial charge in [0.2, 0.25) is 5.13 Å². The van der Waals surface area contributed by atoms with Crippen LogP contribution in [0.1, 0.15) is 0 Å². The van der Waals surface area contributed by atoms with Crippen LogP contribution in [-0.4, -0.2) is 43.5 Å². The molecule has 2 aromatic rings. The summed E-state index contributed by atoms with van der Waals surface area (Å²) >= 11 is 1.59. The molecule has 1 aliphatic rings. The minimum absolute atomic E-state index is 0.937. The van der Waals surface area contributed by atoms with Crippen LogP contribution in [0.2, 0.25) is 0 Å². The highest BCUT2D eigenvalue weighted by atomic mass is 32.1. The normalized spacial score (nSPS) is 15.6. The molecule has 0 atom stereocenters. The number of aromatic nitrogens is 2. The Morgan fingerprint density at radius 1 is 1.11 bits per heavy atom. The van der Waals surface area contributed by atoms with Crippen LogP contribution in [0.4, 0.5) is 10.8 Å². The van der Waals surface area contributed by atoms with Crippen LogP contribution < -0.4 is 14.5 Å². The summed E-state index contributed by atoms with van der Waals surface area (Å²) in [6.45, 7) is 3.88. The van der Waals surface area contributed by atoms with Gasteiger partial charge in [0.1, 0.15) is 11.3 Å². The van der Waals surface area contributed by atoms with Gasteiger partial charge < -0.3 is 14.5 Å². The van der Waals surface area contributed by atoms with Crippen LogP contribution in [-0.2, 0) is 0 Å². The molecule has 19 heavy (non-hydrogen) atoms. The van der Waals surface area contributed by atoms with Crippen LogP contribution in [0.3, 0.4) is 0 Å². The van der Waals surface area contributed by atoms with Crippen molar-refractivity contribution in [2.24, 2.45) is 0 Å². The summed E-state index contributed by atoms with van der Waals surface area (Å²) in [5, 5.41) is 9.03. The first-order chi connectivity index (χ1) is 9.38. The zero-order chi connectivity index (χ0) is 13.1. The highest BCUT2D eigenvalue weighted by Crippen LogP contribution is 2.29. The summed E-state index contributed by atoms with van der Waals surface area (Å²) in [7, 11) is 1.72. The third-order valence-electron chi connectivity index (χ3n) is 3.32. The van der Waals surface area contributed by atoms with Gasteiger partial charge in [-0.1, -0.05) is 23.5 Å². The molecule has 5 nitrogen and oxygen atoms in total. The van der Waals surface area contributed by atoms with Gasteiger partial charge in [-0.15, -0.1) is 10.2 Å². The number of anilines is 2. The van der Waals surface area contributed by atoms with Crippen molar-refractivity contribution >= 4 is 22.2 Å². The van der Waals surface area contributed by atoms with Crippen molar-refractivity contribution in [3.63, 3.8) is 0 Å². The maximum atomic E-state index is 5.42. The summed E-state index contributed by atoms with van der Waals surface area (Å²) < 4.78 is 5.42. The highest BCUT2D eigenvalue weighted by molar-refractivity contribution is 7.13. The molecule has 1 aromatic carbocycles. The van der Waals surface area contributed by atoms with E-state index in [0.717, 1.165) is 37.1 Å². The fraction of sp³-hybridized carbons (Fsp3) is 0.385. The molecule has 0 aliphatic carbocycles. The number of benzene rings is 1. The highest BCUT2D eigenvalue weighted by Gasteiger charge is 2.20. The average Bonchev–Trinajstić information content (AvgIpc) is 3.02. The average molecular weight is 276 g/mol. The first-order valence-corrected chi connectivity index (χ1v) is 7.15. The number of nitrogens with zero attached hydrogens (tertiary/aromatic N) is 4. The monoisotopic (exact) mass is 276 g/mol. The first-order valence-electron chi connectivity index (χ1n) is 6.27. The molecule has 0 radical (unpaired) electrons. The Balaban J connectivity index is 1.70. The molecular formula is C13H16N4OS. The summed E-state index contributed by atoms with van der Waals surface area (Å²) in [4.78, 5) is 4.64. The minimum Gasteiger partial charge on any atom is -0.495 e. The van der Waals surface area contributed by atoms with Gasteiger partial charge in [0.05, 0.1) is 12.8 Å². The fourth-order valence-corrected chi connectivity index (χ4v) is 2.95. The van der Waals surface area contributed by atoms with E-state index < -0.39 is 0 Å². The van der Waals surface area contributed by atoms with Gasteiger partial charge in [-0.2, -0.15) is 0 Å². The van der Waals surface area contributed by atoms with Gasteiger partial charge >= 0.3 is 0 Å². The van der Waals surface area contributed by atoms with E-state index in [0.29, 0.717) is 0 Å². The maximum Gasteiger partial charge on any atom is 0.208 e. The molecule has 1 aliphatic heterocycles. The zero-order valence-corrected chi connectivity index (χ0v) is 11.6. The Labute approximate surface area is 116 Å². The Morgan fingerprint density at radius 2 is 1.84 bits per heavy atom. The predicted molar refractivity (Wildman–Crippen MR) is 77.3 cm³/mol. The van der Waals surface area contributed by atoms with Crippen molar-refractivity contribution in [3.8, 4) is 5.75 Å². The quantitative estimate of drug-likeness (QED) is 0.856. The Morgan fingerprint density at radius 3 is 2.53 bits per heavy atom. The number of hydrogen-bond donors (Lipinski definition) is 0. The summed E-state index contributed by atoms with van der Waals surface area (Å²) in [6.07, 6.45) is 0. The molecule has 0 saturated carbocycles. The number of para-hydroxylation sites is 2. The largest absolute Gasteiger partial charge is 0.495 e. The molecule has 0 amide bonds. The van der Waals surface area contributed by atoms with Gasteiger partial charge in [0.15, 0.2) is 0 Å². The van der Waals surface area contributed by atoms with E-state index in [1.165, 1.54) is 5.69 Å². The maximum absolute atomic E-state index is 5.42. The number of hydrogen-bond acceptors (Lipinski definition) is 6. The molecule has 1 aromatic heterocycles. The van der Waals surface area contributed by atoms with Gasteiger partial charge in [-0.3, -0.25) is 0 Å². The molecule has 0 bridgehead atoms. The van der Waals surface area contributed by atoms with Crippen LogP contribution >= 0.6 is 11.3 Å². The molecule has 0 unspecified atom stereocenters. The lowest BCUT2D eigenvalue weighted by molar-refractivity contribution is 0.413. The van der Waals surface area contributed by atoms with Crippen LogP contribution in [0.5, 0.6) is 5.75 Å². The van der Waals surface area contributed by atoms with Gasteiger partial charge in [-0.25, -0.2) is 0 Å². The van der Waals surface area contributed by atoms with Gasteiger partial charge in [0.25, 0.3) is 0 Å². The minimum atomic E-state index is 0.937. The predicted octanol–water partition coefficient (Wildman–Crippen LogP) is 1.87. The van der Waals surface area contributed by atoms with Crippen LogP contribution in [0, 0.1) is 0 Å². The SMILES string of the molecule is COc1ccccc1N1CCN(c2nncs2)CC1. The van der Waals surface area contributed by atoms with Crippen molar-refractivity contribution in [2.45, 2.75) is 0 Å². The number of rotatable bonds is 3. The van der Waals surface area contributed by atoms with Crippen molar-refractivity contribution in [2.75, 3.05) is 43.1 Å². The number of methoxy groups -OCH3 is 1. The van der Waals surface area contributed by atoms with Crippen molar-refractivity contribution < 1.29 is 4.74 Å². The second kappa shape index (κ2) is 5.44. The molecule has 0 spiro atoms. The summed E-state index contributed by atoms with van der Waals surface area (Å²) in [5.41, 5.74) is 2.95. The standard InChI is InChI=1S/C13H16N4OS/c1-18-12-5-3-2-4-11(12)16-6-8-17(9-7-16)13-15-14-10-19-13/h2-5,10H,6-9H2,1H3. The lowest BCUT2D eigenvalue weighted by atomic mass is 10.2. The molecule has 1 saturated heterocycles. The molecule has 100 valence electrons.